The second-order valence-electron chi connectivity index (χ2n) is 5.46. The molecule has 1 saturated heterocycles. The monoisotopic (exact) mass is 317 g/mol. The highest BCUT2D eigenvalue weighted by Crippen LogP contribution is 2.13. The fourth-order valence-corrected chi connectivity index (χ4v) is 2.52. The lowest BCUT2D eigenvalue weighted by Gasteiger charge is -2.22. The smallest absolute Gasteiger partial charge is 0.330 e. The Bertz CT molecular complexity index is 727. The third kappa shape index (κ3) is 3.52. The summed E-state index contributed by atoms with van der Waals surface area (Å²) in [6.07, 6.45) is 4.08. The van der Waals surface area contributed by atoms with Crippen molar-refractivity contribution in [2.24, 2.45) is 0 Å². The standard InChI is InChI=1S/C16H19N3O4/c1-11-10-17-16(21)19(11)13-7-5-12(6-8-13)15(20)18-23-14-4-2-3-9-22-14/h5-8,10,14H,2-4,9H2,1H3,(H,17,21)(H,18,20)/t14-/m1/s1. The molecule has 0 spiro atoms. The summed E-state index contributed by atoms with van der Waals surface area (Å²) in [5.74, 6) is -0.344. The summed E-state index contributed by atoms with van der Waals surface area (Å²) in [4.78, 5) is 31.7. The first-order chi connectivity index (χ1) is 11.1. The van der Waals surface area contributed by atoms with Crippen molar-refractivity contribution >= 4 is 5.91 Å². The number of amides is 1. The van der Waals surface area contributed by atoms with Crippen molar-refractivity contribution in [3.63, 3.8) is 0 Å². The molecule has 0 unspecified atom stereocenters. The zero-order chi connectivity index (χ0) is 16.2. The van der Waals surface area contributed by atoms with E-state index in [4.69, 9.17) is 9.57 Å². The number of ether oxygens (including phenoxy) is 1. The van der Waals surface area contributed by atoms with Gasteiger partial charge in [-0.05, 0) is 44.0 Å². The molecule has 1 aromatic carbocycles. The van der Waals surface area contributed by atoms with Crippen LogP contribution in [0.2, 0.25) is 0 Å². The molecule has 2 heterocycles. The van der Waals surface area contributed by atoms with E-state index < -0.39 is 0 Å². The zero-order valence-corrected chi connectivity index (χ0v) is 12.9. The van der Waals surface area contributed by atoms with Crippen LogP contribution in [0.3, 0.4) is 0 Å². The first kappa shape index (κ1) is 15.5. The van der Waals surface area contributed by atoms with E-state index in [1.165, 1.54) is 4.57 Å². The molecule has 7 heteroatoms. The van der Waals surface area contributed by atoms with Gasteiger partial charge in [-0.2, -0.15) is 0 Å². The number of nitrogens with one attached hydrogen (secondary N) is 2. The Morgan fingerprint density at radius 2 is 2.13 bits per heavy atom. The van der Waals surface area contributed by atoms with Crippen LogP contribution < -0.4 is 11.2 Å². The van der Waals surface area contributed by atoms with Gasteiger partial charge < -0.3 is 9.72 Å². The zero-order valence-electron chi connectivity index (χ0n) is 12.9. The van der Waals surface area contributed by atoms with Gasteiger partial charge in [-0.25, -0.2) is 15.1 Å². The van der Waals surface area contributed by atoms with Gasteiger partial charge in [-0.15, -0.1) is 0 Å². The molecule has 0 bridgehead atoms. The van der Waals surface area contributed by atoms with Crippen LogP contribution in [0.25, 0.3) is 5.69 Å². The number of hydrogen-bond donors (Lipinski definition) is 2. The highest BCUT2D eigenvalue weighted by Gasteiger charge is 2.16. The van der Waals surface area contributed by atoms with Crippen molar-refractivity contribution in [3.05, 3.63) is 52.2 Å². The Morgan fingerprint density at radius 1 is 1.35 bits per heavy atom. The van der Waals surface area contributed by atoms with Crippen LogP contribution in [0.1, 0.15) is 35.3 Å². The molecule has 2 aromatic rings. The van der Waals surface area contributed by atoms with Crippen LogP contribution in [0, 0.1) is 6.92 Å². The molecule has 23 heavy (non-hydrogen) atoms. The molecular formula is C16H19N3O4. The minimum Gasteiger partial charge on any atom is -0.350 e. The van der Waals surface area contributed by atoms with Crippen LogP contribution in [0.5, 0.6) is 0 Å². The van der Waals surface area contributed by atoms with E-state index in [1.54, 1.807) is 30.5 Å². The molecule has 0 aliphatic carbocycles. The van der Waals surface area contributed by atoms with E-state index in [0.29, 0.717) is 17.9 Å². The summed E-state index contributed by atoms with van der Waals surface area (Å²) in [6.45, 7) is 2.48. The lowest BCUT2D eigenvalue weighted by molar-refractivity contribution is -0.186. The molecule has 2 N–H and O–H groups in total. The molecule has 1 aliphatic heterocycles. The first-order valence-corrected chi connectivity index (χ1v) is 7.60. The van der Waals surface area contributed by atoms with E-state index in [-0.39, 0.29) is 17.9 Å². The summed E-state index contributed by atoms with van der Waals surface area (Å²) in [5, 5.41) is 0. The topological polar surface area (TPSA) is 85.4 Å². The number of aromatic amines is 1. The third-order valence-electron chi connectivity index (χ3n) is 3.77. The summed E-state index contributed by atoms with van der Waals surface area (Å²) in [7, 11) is 0. The largest absolute Gasteiger partial charge is 0.350 e. The van der Waals surface area contributed by atoms with Gasteiger partial charge >= 0.3 is 5.69 Å². The number of H-pyrrole nitrogens is 1. The first-order valence-electron chi connectivity index (χ1n) is 7.60. The number of rotatable bonds is 4. The SMILES string of the molecule is Cc1c[nH]c(=O)n1-c1ccc(C(=O)NO[C@@H]2CCCCO2)cc1. The predicted octanol–water partition coefficient (Wildman–Crippen LogP) is 1.66. The van der Waals surface area contributed by atoms with E-state index >= 15 is 0 Å². The van der Waals surface area contributed by atoms with Crippen molar-refractivity contribution in [1.29, 1.82) is 0 Å². The molecule has 122 valence electrons. The molecule has 7 nitrogen and oxygen atoms in total. The highest BCUT2D eigenvalue weighted by atomic mass is 16.8. The molecule has 0 radical (unpaired) electrons. The molecule has 1 amide bonds. The van der Waals surface area contributed by atoms with Gasteiger partial charge in [-0.1, -0.05) is 0 Å². The lowest BCUT2D eigenvalue weighted by atomic mass is 10.2. The highest BCUT2D eigenvalue weighted by molar-refractivity contribution is 5.93. The summed E-state index contributed by atoms with van der Waals surface area (Å²) in [5.41, 5.74) is 4.14. The summed E-state index contributed by atoms with van der Waals surface area (Å²) < 4.78 is 6.92. The third-order valence-corrected chi connectivity index (χ3v) is 3.77. The van der Waals surface area contributed by atoms with Gasteiger partial charge in [0.05, 0.1) is 5.69 Å². The Balaban J connectivity index is 1.64. The van der Waals surface area contributed by atoms with Gasteiger partial charge in [-0.3, -0.25) is 9.36 Å². The Morgan fingerprint density at radius 3 is 2.74 bits per heavy atom. The van der Waals surface area contributed by atoms with E-state index in [1.807, 2.05) is 6.92 Å². The molecule has 1 aromatic heterocycles. The van der Waals surface area contributed by atoms with E-state index in [2.05, 4.69) is 10.5 Å². The normalized spacial score (nSPS) is 17.9. The second kappa shape index (κ2) is 6.80. The van der Waals surface area contributed by atoms with Crippen molar-refractivity contribution in [1.82, 2.24) is 15.0 Å². The maximum absolute atomic E-state index is 12.1. The fourth-order valence-electron chi connectivity index (χ4n) is 2.52. The Hall–Kier alpha value is -2.38. The summed E-state index contributed by atoms with van der Waals surface area (Å²) in [6, 6.07) is 6.73. The molecule has 1 fully saturated rings. The molecule has 1 aliphatic rings. The van der Waals surface area contributed by atoms with Gasteiger partial charge in [0.1, 0.15) is 0 Å². The van der Waals surface area contributed by atoms with Crippen LogP contribution in [-0.2, 0) is 9.57 Å². The minimum atomic E-state index is -0.381. The number of aryl methyl sites for hydroxylation is 1. The number of hydroxylamine groups is 1. The molecule has 0 saturated carbocycles. The number of benzene rings is 1. The summed E-state index contributed by atoms with van der Waals surface area (Å²) >= 11 is 0. The number of carbonyl (C=O) groups excluding carboxylic acids is 1. The van der Waals surface area contributed by atoms with Crippen molar-refractivity contribution < 1.29 is 14.4 Å². The maximum atomic E-state index is 12.1. The predicted molar refractivity (Wildman–Crippen MR) is 83.3 cm³/mol. The second-order valence-corrected chi connectivity index (χ2v) is 5.46. The average Bonchev–Trinajstić information content (AvgIpc) is 2.92. The average molecular weight is 317 g/mol. The van der Waals surface area contributed by atoms with E-state index in [0.717, 1.165) is 25.0 Å². The fraction of sp³-hybridized carbons (Fsp3) is 0.375. The van der Waals surface area contributed by atoms with Gasteiger partial charge in [0.15, 0.2) is 6.29 Å². The number of carbonyl (C=O) groups is 1. The van der Waals surface area contributed by atoms with Crippen LogP contribution in [0.15, 0.2) is 35.3 Å². The molecule has 3 rings (SSSR count). The van der Waals surface area contributed by atoms with Gasteiger partial charge in [0.25, 0.3) is 5.91 Å². The van der Waals surface area contributed by atoms with Gasteiger partial charge in [0.2, 0.25) is 0 Å². The number of hydrogen-bond acceptors (Lipinski definition) is 4. The Kier molecular flexibility index (Phi) is 4.59. The number of nitrogens with zero attached hydrogens (tertiary/aromatic N) is 1. The van der Waals surface area contributed by atoms with E-state index in [9.17, 15) is 9.59 Å². The van der Waals surface area contributed by atoms with Gasteiger partial charge in [0, 0.05) is 30.5 Å². The molecular weight excluding hydrogens is 298 g/mol. The van der Waals surface area contributed by atoms with Crippen molar-refractivity contribution in [2.75, 3.05) is 6.61 Å². The van der Waals surface area contributed by atoms with Crippen LogP contribution in [-0.4, -0.2) is 28.4 Å². The number of imidazole rings is 1. The van der Waals surface area contributed by atoms with Crippen molar-refractivity contribution in [3.8, 4) is 5.69 Å². The van der Waals surface area contributed by atoms with Crippen LogP contribution >= 0.6 is 0 Å². The minimum absolute atomic E-state index is 0.211. The maximum Gasteiger partial charge on any atom is 0.330 e. The van der Waals surface area contributed by atoms with Crippen LogP contribution in [0.4, 0.5) is 0 Å². The van der Waals surface area contributed by atoms with Crippen molar-refractivity contribution in [2.45, 2.75) is 32.5 Å². The lowest BCUT2D eigenvalue weighted by Crippen LogP contribution is -2.33. The number of aromatic nitrogens is 2. The quantitative estimate of drug-likeness (QED) is 0.840. The molecule has 1 atom stereocenters. The Labute approximate surface area is 133 Å².